The van der Waals surface area contributed by atoms with Crippen LogP contribution in [0.15, 0.2) is 18.2 Å². The number of carbonyl (C=O) groups excluding carboxylic acids is 1. The van der Waals surface area contributed by atoms with E-state index < -0.39 is 0 Å². The molecule has 0 aromatic heterocycles. The Morgan fingerprint density at radius 1 is 1.33 bits per heavy atom. The molecule has 1 heterocycles. The highest BCUT2D eigenvalue weighted by Gasteiger charge is 2.35. The molecule has 0 bridgehead atoms. The summed E-state index contributed by atoms with van der Waals surface area (Å²) in [7, 11) is 0. The number of nitrogens with one attached hydrogen (secondary N) is 1. The maximum Gasteiger partial charge on any atom is 0.255 e. The minimum absolute atomic E-state index is 0.0503. The van der Waals surface area contributed by atoms with Crippen molar-refractivity contribution in [1.82, 2.24) is 10.2 Å². The van der Waals surface area contributed by atoms with E-state index in [9.17, 15) is 9.18 Å². The van der Waals surface area contributed by atoms with Gasteiger partial charge in [-0.3, -0.25) is 4.79 Å². The zero-order valence-corrected chi connectivity index (χ0v) is 14.1. The van der Waals surface area contributed by atoms with Crippen LogP contribution in [-0.4, -0.2) is 36.0 Å². The van der Waals surface area contributed by atoms with Gasteiger partial charge in [0, 0.05) is 22.2 Å². The molecule has 2 aliphatic rings. The third kappa shape index (κ3) is 3.74. The van der Waals surface area contributed by atoms with Gasteiger partial charge in [-0.25, -0.2) is 4.39 Å². The molecule has 114 valence electrons. The summed E-state index contributed by atoms with van der Waals surface area (Å²) in [6, 6.07) is 5.20. The van der Waals surface area contributed by atoms with Gasteiger partial charge >= 0.3 is 0 Å². The minimum Gasteiger partial charge on any atom is -0.334 e. The van der Waals surface area contributed by atoms with Gasteiger partial charge in [-0.15, -0.1) is 0 Å². The summed E-state index contributed by atoms with van der Waals surface area (Å²) in [5.74, 6) is -0.239. The lowest BCUT2D eigenvalue weighted by Crippen LogP contribution is -2.46. The summed E-state index contributed by atoms with van der Waals surface area (Å²) < 4.78 is 13.9. The molecule has 1 unspecified atom stereocenters. The van der Waals surface area contributed by atoms with Crippen LogP contribution in [-0.2, 0) is 0 Å². The highest BCUT2D eigenvalue weighted by Crippen LogP contribution is 2.30. The first-order valence-corrected chi connectivity index (χ1v) is 8.72. The van der Waals surface area contributed by atoms with Crippen molar-refractivity contribution in [3.05, 3.63) is 33.1 Å². The maximum absolute atomic E-state index is 13.2. The van der Waals surface area contributed by atoms with Crippen LogP contribution in [0.4, 0.5) is 4.39 Å². The van der Waals surface area contributed by atoms with Crippen molar-refractivity contribution in [1.29, 1.82) is 0 Å². The Kier molecular flexibility index (Phi) is 4.78. The van der Waals surface area contributed by atoms with Crippen LogP contribution in [0.25, 0.3) is 0 Å². The van der Waals surface area contributed by atoms with E-state index in [2.05, 4.69) is 5.32 Å². The van der Waals surface area contributed by atoms with Crippen LogP contribution < -0.4 is 5.32 Å². The molecular weight excluding hydrogens is 382 g/mol. The summed E-state index contributed by atoms with van der Waals surface area (Å²) in [4.78, 5) is 14.8. The lowest BCUT2D eigenvalue weighted by Gasteiger charge is -2.31. The Hall–Kier alpha value is -0.690. The Bertz CT molecular complexity index is 527. The maximum atomic E-state index is 13.2. The van der Waals surface area contributed by atoms with Crippen molar-refractivity contribution < 1.29 is 9.18 Å². The number of carbonyl (C=O) groups is 1. The third-order valence-electron chi connectivity index (χ3n) is 4.24. The van der Waals surface area contributed by atoms with Gasteiger partial charge in [0.25, 0.3) is 5.91 Å². The van der Waals surface area contributed by atoms with E-state index in [1.807, 2.05) is 27.5 Å². The van der Waals surface area contributed by atoms with Crippen LogP contribution in [0.3, 0.4) is 0 Å². The first kappa shape index (κ1) is 15.2. The topological polar surface area (TPSA) is 32.3 Å². The quantitative estimate of drug-likeness (QED) is 0.785. The van der Waals surface area contributed by atoms with Crippen molar-refractivity contribution >= 4 is 28.5 Å². The number of nitrogens with zero attached hydrogens (tertiary/aromatic N) is 1. The number of rotatable bonds is 4. The number of benzene rings is 1. The normalized spacial score (nSPS) is 22.1. The smallest absolute Gasteiger partial charge is 0.255 e. The molecule has 1 saturated heterocycles. The van der Waals surface area contributed by atoms with Crippen LogP contribution >= 0.6 is 22.6 Å². The molecule has 2 fully saturated rings. The van der Waals surface area contributed by atoms with Crippen molar-refractivity contribution in [2.75, 3.05) is 13.1 Å². The van der Waals surface area contributed by atoms with Crippen LogP contribution in [0.5, 0.6) is 0 Å². The zero-order valence-electron chi connectivity index (χ0n) is 11.9. The van der Waals surface area contributed by atoms with E-state index in [1.54, 1.807) is 6.07 Å². The molecule has 0 radical (unpaired) electrons. The standard InChI is InChI=1S/C16H20FIN2O/c17-11-4-7-14(15(18)9-11)16(21)20(13-5-6-13)10-12-3-1-2-8-19-12/h4,7,9,12-13,19H,1-3,5-6,8,10H2. The summed E-state index contributed by atoms with van der Waals surface area (Å²) in [6.07, 6.45) is 5.78. The molecule has 1 aliphatic carbocycles. The van der Waals surface area contributed by atoms with Gasteiger partial charge < -0.3 is 10.2 Å². The molecule has 1 aromatic carbocycles. The first-order valence-electron chi connectivity index (χ1n) is 7.64. The van der Waals surface area contributed by atoms with Crippen LogP contribution in [0.2, 0.25) is 0 Å². The number of piperidine rings is 1. The first-order chi connectivity index (χ1) is 10.1. The average molecular weight is 402 g/mol. The predicted octanol–water partition coefficient (Wildman–Crippen LogP) is 3.18. The fourth-order valence-corrected chi connectivity index (χ4v) is 3.63. The molecule has 0 spiro atoms. The Morgan fingerprint density at radius 2 is 2.14 bits per heavy atom. The molecule has 1 aliphatic heterocycles. The molecule has 1 atom stereocenters. The lowest BCUT2D eigenvalue weighted by atomic mass is 10.0. The van der Waals surface area contributed by atoms with E-state index in [0.29, 0.717) is 21.2 Å². The van der Waals surface area contributed by atoms with Gasteiger partial charge in [0.15, 0.2) is 0 Å². The monoisotopic (exact) mass is 402 g/mol. The van der Waals surface area contributed by atoms with Gasteiger partial charge in [0.2, 0.25) is 0 Å². The number of amides is 1. The second kappa shape index (κ2) is 6.60. The molecule has 1 amide bonds. The fourth-order valence-electron chi connectivity index (χ4n) is 2.92. The minimum atomic E-state index is -0.289. The SMILES string of the molecule is O=C(c1ccc(F)cc1I)N(CC1CCCCN1)C1CC1. The Balaban J connectivity index is 1.75. The molecule has 5 heteroatoms. The number of hydrogen-bond donors (Lipinski definition) is 1. The molecule has 3 nitrogen and oxygen atoms in total. The molecule has 1 N–H and O–H groups in total. The number of hydrogen-bond acceptors (Lipinski definition) is 2. The largest absolute Gasteiger partial charge is 0.334 e. The molecule has 3 rings (SSSR count). The van der Waals surface area contributed by atoms with Crippen LogP contribution in [0, 0.1) is 9.39 Å². The summed E-state index contributed by atoms with van der Waals surface area (Å²) in [5.41, 5.74) is 0.625. The third-order valence-corrected chi connectivity index (χ3v) is 5.13. The number of halogens is 2. The van der Waals surface area contributed by atoms with Gasteiger partial charge in [0.05, 0.1) is 5.56 Å². The van der Waals surface area contributed by atoms with Gasteiger partial charge in [-0.2, -0.15) is 0 Å². The molecule has 1 saturated carbocycles. The highest BCUT2D eigenvalue weighted by atomic mass is 127. The van der Waals surface area contributed by atoms with Gasteiger partial charge in [0.1, 0.15) is 5.82 Å². The van der Waals surface area contributed by atoms with Crippen molar-refractivity contribution in [3.8, 4) is 0 Å². The zero-order chi connectivity index (χ0) is 14.8. The Morgan fingerprint density at radius 3 is 2.76 bits per heavy atom. The van der Waals surface area contributed by atoms with Crippen molar-refractivity contribution in [3.63, 3.8) is 0 Å². The Labute approximate surface area is 138 Å². The summed E-state index contributed by atoms with van der Waals surface area (Å²) in [6.45, 7) is 1.82. The molecule has 1 aromatic rings. The van der Waals surface area contributed by atoms with Crippen molar-refractivity contribution in [2.24, 2.45) is 0 Å². The fraction of sp³-hybridized carbons (Fsp3) is 0.562. The second-order valence-electron chi connectivity index (χ2n) is 5.96. The summed E-state index contributed by atoms with van der Waals surface area (Å²) in [5, 5.41) is 3.51. The van der Waals surface area contributed by atoms with E-state index in [1.165, 1.54) is 25.0 Å². The van der Waals surface area contributed by atoms with Gasteiger partial charge in [-0.1, -0.05) is 6.42 Å². The van der Waals surface area contributed by atoms with E-state index in [0.717, 1.165) is 32.4 Å². The van der Waals surface area contributed by atoms with Gasteiger partial charge in [-0.05, 0) is 73.0 Å². The van der Waals surface area contributed by atoms with Crippen molar-refractivity contribution in [2.45, 2.75) is 44.2 Å². The summed E-state index contributed by atoms with van der Waals surface area (Å²) >= 11 is 2.05. The highest BCUT2D eigenvalue weighted by molar-refractivity contribution is 14.1. The average Bonchev–Trinajstić information content (AvgIpc) is 3.30. The second-order valence-corrected chi connectivity index (χ2v) is 7.12. The lowest BCUT2D eigenvalue weighted by molar-refractivity contribution is 0.0716. The molecular formula is C16H20FIN2O. The predicted molar refractivity (Wildman–Crippen MR) is 88.8 cm³/mol. The molecule has 21 heavy (non-hydrogen) atoms. The van der Waals surface area contributed by atoms with E-state index in [4.69, 9.17) is 0 Å². The van der Waals surface area contributed by atoms with E-state index >= 15 is 0 Å². The van der Waals surface area contributed by atoms with E-state index in [-0.39, 0.29) is 11.7 Å². The van der Waals surface area contributed by atoms with Crippen LogP contribution in [0.1, 0.15) is 42.5 Å².